The van der Waals surface area contributed by atoms with Crippen molar-refractivity contribution < 1.29 is 15.1 Å². The van der Waals surface area contributed by atoms with Crippen molar-refractivity contribution in [1.82, 2.24) is 0 Å². The number of para-hydroxylation sites is 2. The standard InChI is InChI=1S/C13H11N3O4/c17-10-6-5-9(13(18)7-10)8-14-15-11-3-1-2-4-12(11)16(19)20/h1-8,15,17-18H/b14-8+. The first-order valence-electron chi connectivity index (χ1n) is 5.62. The van der Waals surface area contributed by atoms with E-state index in [0.717, 1.165) is 0 Å². The van der Waals surface area contributed by atoms with Gasteiger partial charge in [-0.3, -0.25) is 15.5 Å². The highest BCUT2D eigenvalue weighted by molar-refractivity contribution is 5.84. The van der Waals surface area contributed by atoms with Crippen LogP contribution in [0.1, 0.15) is 5.56 Å². The highest BCUT2D eigenvalue weighted by Gasteiger charge is 2.10. The van der Waals surface area contributed by atoms with Crippen LogP contribution in [0.3, 0.4) is 0 Å². The summed E-state index contributed by atoms with van der Waals surface area (Å²) in [6.45, 7) is 0. The van der Waals surface area contributed by atoms with E-state index in [1.54, 1.807) is 12.1 Å². The van der Waals surface area contributed by atoms with E-state index in [9.17, 15) is 15.2 Å². The Bertz CT molecular complexity index is 670. The molecular weight excluding hydrogens is 262 g/mol. The highest BCUT2D eigenvalue weighted by atomic mass is 16.6. The summed E-state index contributed by atoms with van der Waals surface area (Å²) in [5, 5.41) is 33.3. The average Bonchev–Trinajstić information content (AvgIpc) is 2.41. The SMILES string of the molecule is O=[N+]([O-])c1ccccc1N/N=C/c1ccc(O)cc1O. The van der Waals surface area contributed by atoms with E-state index in [1.165, 1.54) is 36.5 Å². The number of nitrogens with one attached hydrogen (secondary N) is 1. The van der Waals surface area contributed by atoms with E-state index >= 15 is 0 Å². The molecule has 0 bridgehead atoms. The molecule has 0 spiro atoms. The maximum absolute atomic E-state index is 10.8. The summed E-state index contributed by atoms with van der Waals surface area (Å²) in [6, 6.07) is 10.1. The quantitative estimate of drug-likeness (QED) is 0.450. The predicted molar refractivity (Wildman–Crippen MR) is 74.1 cm³/mol. The monoisotopic (exact) mass is 273 g/mol. The van der Waals surface area contributed by atoms with E-state index < -0.39 is 4.92 Å². The number of phenols is 2. The van der Waals surface area contributed by atoms with Gasteiger partial charge >= 0.3 is 0 Å². The zero-order valence-corrected chi connectivity index (χ0v) is 10.2. The van der Waals surface area contributed by atoms with Crippen molar-refractivity contribution >= 4 is 17.6 Å². The van der Waals surface area contributed by atoms with Crippen molar-refractivity contribution in [3.05, 3.63) is 58.1 Å². The first-order chi connectivity index (χ1) is 9.58. The molecule has 102 valence electrons. The number of nitrogens with zero attached hydrogens (tertiary/aromatic N) is 2. The fraction of sp³-hybridized carbons (Fsp3) is 0. The van der Waals surface area contributed by atoms with Crippen LogP contribution in [0, 0.1) is 10.1 Å². The Labute approximate surface area is 114 Å². The lowest BCUT2D eigenvalue weighted by Crippen LogP contribution is -1.96. The van der Waals surface area contributed by atoms with Crippen LogP contribution in [0.2, 0.25) is 0 Å². The summed E-state index contributed by atoms with van der Waals surface area (Å²) < 4.78 is 0. The number of hydrogen-bond acceptors (Lipinski definition) is 6. The molecule has 2 aromatic carbocycles. The van der Waals surface area contributed by atoms with Crippen LogP contribution in [0.25, 0.3) is 0 Å². The molecule has 0 fully saturated rings. The molecule has 0 radical (unpaired) electrons. The maximum Gasteiger partial charge on any atom is 0.294 e. The molecule has 0 aliphatic heterocycles. The van der Waals surface area contributed by atoms with Crippen LogP contribution in [0.15, 0.2) is 47.6 Å². The van der Waals surface area contributed by atoms with E-state index in [2.05, 4.69) is 10.5 Å². The van der Waals surface area contributed by atoms with Crippen LogP contribution < -0.4 is 5.43 Å². The minimum atomic E-state index is -0.518. The Kier molecular flexibility index (Phi) is 3.80. The van der Waals surface area contributed by atoms with Crippen molar-refractivity contribution in [3.63, 3.8) is 0 Å². The molecule has 0 aliphatic rings. The average molecular weight is 273 g/mol. The van der Waals surface area contributed by atoms with Gasteiger partial charge in [0.1, 0.15) is 17.2 Å². The minimum absolute atomic E-state index is 0.0636. The molecular formula is C13H11N3O4. The summed E-state index contributed by atoms with van der Waals surface area (Å²) in [6.07, 6.45) is 1.30. The van der Waals surface area contributed by atoms with Gasteiger partial charge in [-0.1, -0.05) is 12.1 Å². The van der Waals surface area contributed by atoms with Crippen molar-refractivity contribution in [1.29, 1.82) is 0 Å². The molecule has 0 heterocycles. The van der Waals surface area contributed by atoms with Gasteiger partial charge in [-0.05, 0) is 18.2 Å². The van der Waals surface area contributed by atoms with E-state index in [0.29, 0.717) is 5.56 Å². The lowest BCUT2D eigenvalue weighted by Gasteiger charge is -2.02. The number of aromatic hydroxyl groups is 2. The first kappa shape index (κ1) is 13.3. The molecule has 0 saturated heterocycles. The number of rotatable bonds is 4. The van der Waals surface area contributed by atoms with Gasteiger partial charge in [-0.2, -0.15) is 5.10 Å². The number of phenolic OH excluding ortho intramolecular Hbond substituents is 2. The van der Waals surface area contributed by atoms with Crippen molar-refractivity contribution in [2.45, 2.75) is 0 Å². The van der Waals surface area contributed by atoms with Gasteiger partial charge in [0.2, 0.25) is 0 Å². The molecule has 2 rings (SSSR count). The molecule has 3 N–H and O–H groups in total. The molecule has 20 heavy (non-hydrogen) atoms. The summed E-state index contributed by atoms with van der Waals surface area (Å²) in [5.41, 5.74) is 3.05. The van der Waals surface area contributed by atoms with E-state index in [-0.39, 0.29) is 22.9 Å². The van der Waals surface area contributed by atoms with Gasteiger partial charge in [0, 0.05) is 17.7 Å². The van der Waals surface area contributed by atoms with E-state index in [1.807, 2.05) is 0 Å². The van der Waals surface area contributed by atoms with Crippen molar-refractivity contribution in [3.8, 4) is 11.5 Å². The zero-order chi connectivity index (χ0) is 14.5. The largest absolute Gasteiger partial charge is 0.508 e. The molecule has 0 amide bonds. The number of nitro benzene ring substituents is 1. The Hall–Kier alpha value is -3.09. The fourth-order valence-corrected chi connectivity index (χ4v) is 1.54. The van der Waals surface area contributed by atoms with Crippen molar-refractivity contribution in [2.75, 3.05) is 5.43 Å². The van der Waals surface area contributed by atoms with Gasteiger partial charge in [-0.25, -0.2) is 0 Å². The summed E-state index contributed by atoms with van der Waals surface area (Å²) in [4.78, 5) is 10.3. The molecule has 0 atom stereocenters. The Balaban J connectivity index is 2.16. The van der Waals surface area contributed by atoms with Crippen LogP contribution in [-0.4, -0.2) is 21.4 Å². The van der Waals surface area contributed by atoms with Gasteiger partial charge in [0.15, 0.2) is 0 Å². The third kappa shape index (κ3) is 3.02. The van der Waals surface area contributed by atoms with Crippen LogP contribution >= 0.6 is 0 Å². The fourth-order valence-electron chi connectivity index (χ4n) is 1.54. The number of benzene rings is 2. The molecule has 0 aliphatic carbocycles. The Morgan fingerprint density at radius 3 is 2.65 bits per heavy atom. The molecule has 7 heteroatoms. The van der Waals surface area contributed by atoms with Crippen LogP contribution in [0.4, 0.5) is 11.4 Å². The lowest BCUT2D eigenvalue weighted by molar-refractivity contribution is -0.384. The summed E-state index contributed by atoms with van der Waals surface area (Å²) in [7, 11) is 0. The van der Waals surface area contributed by atoms with Gasteiger partial charge in [0.25, 0.3) is 5.69 Å². The Morgan fingerprint density at radius 1 is 1.20 bits per heavy atom. The second kappa shape index (κ2) is 5.70. The minimum Gasteiger partial charge on any atom is -0.508 e. The summed E-state index contributed by atoms with van der Waals surface area (Å²) in [5.74, 6) is -0.204. The number of hydrogen-bond donors (Lipinski definition) is 3. The molecule has 0 aromatic heterocycles. The van der Waals surface area contributed by atoms with Crippen molar-refractivity contribution in [2.24, 2.45) is 5.10 Å². The topological polar surface area (TPSA) is 108 Å². The lowest BCUT2D eigenvalue weighted by atomic mass is 10.2. The maximum atomic E-state index is 10.8. The molecule has 7 nitrogen and oxygen atoms in total. The third-order valence-corrected chi connectivity index (χ3v) is 2.50. The zero-order valence-electron chi connectivity index (χ0n) is 10.2. The second-order valence-corrected chi connectivity index (χ2v) is 3.89. The highest BCUT2D eigenvalue weighted by Crippen LogP contribution is 2.24. The van der Waals surface area contributed by atoms with Crippen LogP contribution in [-0.2, 0) is 0 Å². The predicted octanol–water partition coefficient (Wildman–Crippen LogP) is 2.45. The normalized spacial score (nSPS) is 10.6. The first-order valence-corrected chi connectivity index (χ1v) is 5.62. The molecule has 0 unspecified atom stereocenters. The van der Waals surface area contributed by atoms with Gasteiger partial charge in [-0.15, -0.1) is 0 Å². The van der Waals surface area contributed by atoms with Crippen LogP contribution in [0.5, 0.6) is 11.5 Å². The molecule has 0 saturated carbocycles. The Morgan fingerprint density at radius 2 is 1.95 bits per heavy atom. The number of anilines is 1. The van der Waals surface area contributed by atoms with Gasteiger partial charge in [0.05, 0.1) is 11.1 Å². The van der Waals surface area contributed by atoms with E-state index in [4.69, 9.17) is 5.11 Å². The smallest absolute Gasteiger partial charge is 0.294 e. The second-order valence-electron chi connectivity index (χ2n) is 3.89. The number of nitro groups is 1. The number of hydrazone groups is 1. The third-order valence-electron chi connectivity index (χ3n) is 2.50. The molecule has 2 aromatic rings. The summed E-state index contributed by atoms with van der Waals surface area (Å²) >= 11 is 0. The van der Waals surface area contributed by atoms with Gasteiger partial charge < -0.3 is 10.2 Å².